The first-order valence-electron chi connectivity index (χ1n) is 6.73. The molecule has 108 valence electrons. The van der Waals surface area contributed by atoms with Crippen molar-refractivity contribution in [3.63, 3.8) is 0 Å². The van der Waals surface area contributed by atoms with Gasteiger partial charge in [0.1, 0.15) is 0 Å². The van der Waals surface area contributed by atoms with E-state index in [9.17, 15) is 0 Å². The van der Waals surface area contributed by atoms with Crippen molar-refractivity contribution < 1.29 is 4.74 Å². The molecule has 5 heteroatoms. The van der Waals surface area contributed by atoms with E-state index in [0.29, 0.717) is 5.88 Å². The molecule has 20 heavy (non-hydrogen) atoms. The van der Waals surface area contributed by atoms with Crippen LogP contribution in [-0.2, 0) is 18.6 Å². The van der Waals surface area contributed by atoms with Gasteiger partial charge in [0.25, 0.3) is 0 Å². The largest absolute Gasteiger partial charge is 0.481 e. The molecule has 0 unspecified atom stereocenters. The Balaban J connectivity index is 1.88. The van der Waals surface area contributed by atoms with Gasteiger partial charge in [0.2, 0.25) is 5.88 Å². The van der Waals surface area contributed by atoms with Crippen LogP contribution in [0.25, 0.3) is 0 Å². The summed E-state index contributed by atoms with van der Waals surface area (Å²) < 4.78 is 7.09. The molecule has 2 aromatic heterocycles. The predicted octanol–water partition coefficient (Wildman–Crippen LogP) is 2.33. The molecule has 0 saturated heterocycles. The van der Waals surface area contributed by atoms with E-state index >= 15 is 0 Å². The number of pyridine rings is 1. The Labute approximate surface area is 120 Å². The third-order valence-corrected chi connectivity index (χ3v) is 2.99. The van der Waals surface area contributed by atoms with Crippen LogP contribution in [0.3, 0.4) is 0 Å². The summed E-state index contributed by atoms with van der Waals surface area (Å²) in [4.78, 5) is 4.09. The summed E-state index contributed by atoms with van der Waals surface area (Å²) >= 11 is 0. The van der Waals surface area contributed by atoms with Gasteiger partial charge in [-0.25, -0.2) is 4.98 Å². The van der Waals surface area contributed by atoms with Gasteiger partial charge < -0.3 is 10.1 Å². The van der Waals surface area contributed by atoms with E-state index < -0.39 is 0 Å². The number of methoxy groups -OCH3 is 1. The average molecular weight is 274 g/mol. The van der Waals surface area contributed by atoms with Crippen molar-refractivity contribution in [2.24, 2.45) is 0 Å². The Hall–Kier alpha value is -1.88. The molecule has 0 bridgehead atoms. The van der Waals surface area contributed by atoms with Crippen molar-refractivity contribution in [3.05, 3.63) is 41.9 Å². The van der Waals surface area contributed by atoms with E-state index in [4.69, 9.17) is 4.74 Å². The lowest BCUT2D eigenvalue weighted by molar-refractivity contribution is 0.355. The molecule has 0 aromatic carbocycles. The van der Waals surface area contributed by atoms with Crippen molar-refractivity contribution in [2.45, 2.75) is 39.4 Å². The van der Waals surface area contributed by atoms with Crippen LogP contribution in [-0.4, -0.2) is 21.9 Å². The van der Waals surface area contributed by atoms with E-state index in [1.165, 1.54) is 5.56 Å². The van der Waals surface area contributed by atoms with Crippen molar-refractivity contribution in [1.29, 1.82) is 0 Å². The van der Waals surface area contributed by atoms with Crippen LogP contribution in [0, 0.1) is 0 Å². The number of aromatic nitrogens is 3. The fourth-order valence-corrected chi connectivity index (χ4v) is 1.84. The lowest BCUT2D eigenvalue weighted by Crippen LogP contribution is -2.22. The maximum Gasteiger partial charge on any atom is 0.213 e. The second kappa shape index (κ2) is 6.05. The fraction of sp³-hybridized carbons (Fsp3) is 0.467. The quantitative estimate of drug-likeness (QED) is 0.909. The van der Waals surface area contributed by atoms with Crippen molar-refractivity contribution in [1.82, 2.24) is 20.1 Å². The third-order valence-electron chi connectivity index (χ3n) is 2.99. The zero-order valence-corrected chi connectivity index (χ0v) is 12.6. The second-order valence-electron chi connectivity index (χ2n) is 5.77. The molecule has 0 saturated carbocycles. The minimum atomic E-state index is 0.0245. The average Bonchev–Trinajstić information content (AvgIpc) is 2.88. The number of hydrogen-bond acceptors (Lipinski definition) is 4. The van der Waals surface area contributed by atoms with E-state index in [-0.39, 0.29) is 5.54 Å². The first kappa shape index (κ1) is 14.5. The molecule has 0 amide bonds. The minimum Gasteiger partial charge on any atom is -0.481 e. The number of rotatable bonds is 5. The zero-order chi connectivity index (χ0) is 14.6. The summed E-state index contributed by atoms with van der Waals surface area (Å²) in [5, 5.41) is 7.78. The van der Waals surface area contributed by atoms with Crippen LogP contribution in [0.4, 0.5) is 0 Å². The molecule has 0 spiro atoms. The predicted molar refractivity (Wildman–Crippen MR) is 78.6 cm³/mol. The van der Waals surface area contributed by atoms with Crippen LogP contribution >= 0.6 is 0 Å². The Morgan fingerprint density at radius 3 is 2.65 bits per heavy atom. The topological polar surface area (TPSA) is 52.0 Å². The SMILES string of the molecule is COc1cc(CNCc2cnn(C(C)(C)C)c2)ccn1. The summed E-state index contributed by atoms with van der Waals surface area (Å²) in [5.41, 5.74) is 2.36. The molecule has 0 radical (unpaired) electrons. The molecule has 5 nitrogen and oxygen atoms in total. The summed E-state index contributed by atoms with van der Waals surface area (Å²) in [6.45, 7) is 7.99. The molecule has 2 heterocycles. The third kappa shape index (κ3) is 3.81. The molecule has 0 atom stereocenters. The maximum atomic E-state index is 5.11. The highest BCUT2D eigenvalue weighted by atomic mass is 16.5. The van der Waals surface area contributed by atoms with Gasteiger partial charge in [0.05, 0.1) is 18.8 Å². The summed E-state index contributed by atoms with van der Waals surface area (Å²) in [6, 6.07) is 3.92. The van der Waals surface area contributed by atoms with Gasteiger partial charge in [0.15, 0.2) is 0 Å². The van der Waals surface area contributed by atoms with Gasteiger partial charge >= 0.3 is 0 Å². The standard InChI is InChI=1S/C15H22N4O/c1-15(2,3)19-11-13(10-18-19)9-16-8-12-5-6-17-14(7-12)20-4/h5-7,10-11,16H,8-9H2,1-4H3. The Morgan fingerprint density at radius 1 is 1.25 bits per heavy atom. The molecule has 1 N–H and O–H groups in total. The van der Waals surface area contributed by atoms with E-state index in [1.54, 1.807) is 13.3 Å². The fourth-order valence-electron chi connectivity index (χ4n) is 1.84. The Kier molecular flexibility index (Phi) is 4.39. The van der Waals surface area contributed by atoms with Gasteiger partial charge in [-0.15, -0.1) is 0 Å². The Bertz CT molecular complexity index is 557. The summed E-state index contributed by atoms with van der Waals surface area (Å²) in [5.74, 6) is 0.643. The highest BCUT2D eigenvalue weighted by Crippen LogP contribution is 2.13. The molecular formula is C15H22N4O. The highest BCUT2D eigenvalue weighted by Gasteiger charge is 2.13. The van der Waals surface area contributed by atoms with Crippen molar-refractivity contribution in [2.75, 3.05) is 7.11 Å². The zero-order valence-electron chi connectivity index (χ0n) is 12.6. The van der Waals surface area contributed by atoms with Gasteiger partial charge in [-0.3, -0.25) is 4.68 Å². The van der Waals surface area contributed by atoms with E-state index in [1.807, 2.05) is 23.0 Å². The summed E-state index contributed by atoms with van der Waals surface area (Å²) in [6.07, 6.45) is 5.75. The highest BCUT2D eigenvalue weighted by molar-refractivity contribution is 5.20. The lowest BCUT2D eigenvalue weighted by atomic mass is 10.1. The van der Waals surface area contributed by atoms with Crippen LogP contribution in [0.15, 0.2) is 30.7 Å². The van der Waals surface area contributed by atoms with Crippen molar-refractivity contribution >= 4 is 0 Å². The second-order valence-corrected chi connectivity index (χ2v) is 5.77. The molecule has 0 aliphatic rings. The van der Waals surface area contributed by atoms with Crippen LogP contribution in [0.2, 0.25) is 0 Å². The van der Waals surface area contributed by atoms with Gasteiger partial charge in [-0.2, -0.15) is 5.10 Å². The smallest absolute Gasteiger partial charge is 0.213 e. The number of hydrogen-bond donors (Lipinski definition) is 1. The molecule has 0 aliphatic heterocycles. The van der Waals surface area contributed by atoms with Crippen LogP contribution < -0.4 is 10.1 Å². The normalized spacial score (nSPS) is 11.6. The monoisotopic (exact) mass is 274 g/mol. The van der Waals surface area contributed by atoms with Crippen LogP contribution in [0.5, 0.6) is 5.88 Å². The van der Waals surface area contributed by atoms with E-state index in [0.717, 1.165) is 18.7 Å². The first-order valence-corrected chi connectivity index (χ1v) is 6.73. The van der Waals surface area contributed by atoms with Gasteiger partial charge in [0, 0.05) is 37.1 Å². The van der Waals surface area contributed by atoms with Crippen LogP contribution in [0.1, 0.15) is 31.9 Å². The number of ether oxygens (including phenoxy) is 1. The number of nitrogens with one attached hydrogen (secondary N) is 1. The summed E-state index contributed by atoms with van der Waals surface area (Å²) in [7, 11) is 1.63. The Morgan fingerprint density at radius 2 is 2.00 bits per heavy atom. The molecule has 0 aliphatic carbocycles. The minimum absolute atomic E-state index is 0.0245. The lowest BCUT2D eigenvalue weighted by Gasteiger charge is -2.18. The molecule has 2 rings (SSSR count). The van der Waals surface area contributed by atoms with Gasteiger partial charge in [-0.05, 0) is 32.4 Å². The maximum absolute atomic E-state index is 5.11. The first-order chi connectivity index (χ1) is 9.49. The molecular weight excluding hydrogens is 252 g/mol. The molecule has 0 fully saturated rings. The number of nitrogens with zero attached hydrogens (tertiary/aromatic N) is 3. The van der Waals surface area contributed by atoms with Gasteiger partial charge in [-0.1, -0.05) is 0 Å². The van der Waals surface area contributed by atoms with E-state index in [2.05, 4.69) is 42.4 Å². The molecule has 2 aromatic rings. The van der Waals surface area contributed by atoms with Crippen molar-refractivity contribution in [3.8, 4) is 5.88 Å².